The third-order valence-corrected chi connectivity index (χ3v) is 8.60. The molecule has 0 saturated carbocycles. The van der Waals surface area contributed by atoms with Crippen molar-refractivity contribution < 1.29 is 28.6 Å². The Bertz CT molecular complexity index is 1930. The van der Waals surface area contributed by atoms with Crippen molar-refractivity contribution in [2.75, 3.05) is 32.0 Å². The molecule has 0 aliphatic rings. The van der Waals surface area contributed by atoms with Gasteiger partial charge in [-0.1, -0.05) is 72.8 Å². The van der Waals surface area contributed by atoms with Crippen molar-refractivity contribution in [3.8, 4) is 17.2 Å². The number of benzene rings is 5. The van der Waals surface area contributed by atoms with Crippen LogP contribution in [0, 0.1) is 0 Å². The number of ether oxygens (including phenoxy) is 3. The molecule has 0 radical (unpaired) electrons. The number of hydrogen-bond donors (Lipinski definition) is 3. The van der Waals surface area contributed by atoms with Gasteiger partial charge >= 0.3 is 0 Å². The number of methoxy groups -OCH3 is 3. The second-order valence-electron chi connectivity index (χ2n) is 10.5. The molecule has 3 N–H and O–H groups in total. The highest BCUT2D eigenvalue weighted by molar-refractivity contribution is 8.00. The topological polar surface area (TPSA) is 115 Å². The normalized spacial score (nSPS) is 11.5. The Morgan fingerprint density at radius 1 is 0.653 bits per heavy atom. The maximum absolute atomic E-state index is 13.7. The van der Waals surface area contributed by atoms with Crippen LogP contribution in [0.25, 0.3) is 6.08 Å². The van der Waals surface area contributed by atoms with Gasteiger partial charge in [0.2, 0.25) is 5.91 Å². The summed E-state index contributed by atoms with van der Waals surface area (Å²) in [5.41, 5.74) is 2.81. The van der Waals surface area contributed by atoms with Gasteiger partial charge in [0.25, 0.3) is 11.8 Å². The number of nitrogens with one attached hydrogen (secondary N) is 3. The molecule has 5 aromatic carbocycles. The molecule has 49 heavy (non-hydrogen) atoms. The molecule has 0 bridgehead atoms. The van der Waals surface area contributed by atoms with Crippen molar-refractivity contribution in [1.29, 1.82) is 0 Å². The largest absolute Gasteiger partial charge is 0.495 e. The summed E-state index contributed by atoms with van der Waals surface area (Å²) in [6, 6.07) is 37.7. The SMILES string of the molecule is COc1ccccc1NC(=O)C(Sc1ccc(NC(=O)/C(=C/c2cccc(OC)c2OC)NC(=O)c2ccccc2)cc1)c1ccccc1. The number of anilines is 2. The third-order valence-electron chi connectivity index (χ3n) is 7.33. The zero-order chi connectivity index (χ0) is 34.6. The number of hydrogen-bond acceptors (Lipinski definition) is 7. The Labute approximate surface area is 289 Å². The molecule has 248 valence electrons. The van der Waals surface area contributed by atoms with Gasteiger partial charge in [0.1, 0.15) is 16.7 Å². The Morgan fingerprint density at radius 2 is 1.29 bits per heavy atom. The minimum Gasteiger partial charge on any atom is -0.495 e. The summed E-state index contributed by atoms with van der Waals surface area (Å²) in [4.78, 5) is 41.2. The minimum absolute atomic E-state index is 0.00369. The molecular weight excluding hydrogens is 639 g/mol. The number of amides is 3. The number of carbonyl (C=O) groups excluding carboxylic acids is 3. The van der Waals surface area contributed by atoms with Crippen LogP contribution in [0.2, 0.25) is 0 Å². The van der Waals surface area contributed by atoms with Gasteiger partial charge in [-0.15, -0.1) is 11.8 Å². The Kier molecular flexibility index (Phi) is 11.7. The van der Waals surface area contributed by atoms with Gasteiger partial charge in [0, 0.05) is 21.7 Å². The van der Waals surface area contributed by atoms with Gasteiger partial charge in [-0.2, -0.15) is 0 Å². The van der Waals surface area contributed by atoms with Crippen molar-refractivity contribution in [3.05, 3.63) is 150 Å². The number of rotatable bonds is 13. The van der Waals surface area contributed by atoms with E-state index >= 15 is 0 Å². The lowest BCUT2D eigenvalue weighted by atomic mass is 10.1. The molecule has 3 amide bonds. The van der Waals surface area contributed by atoms with Gasteiger partial charge in [0.15, 0.2) is 11.5 Å². The lowest BCUT2D eigenvalue weighted by Gasteiger charge is -2.18. The van der Waals surface area contributed by atoms with Crippen LogP contribution >= 0.6 is 11.8 Å². The zero-order valence-electron chi connectivity index (χ0n) is 27.1. The van der Waals surface area contributed by atoms with Crippen LogP contribution in [0.15, 0.2) is 138 Å². The van der Waals surface area contributed by atoms with E-state index in [0.717, 1.165) is 10.5 Å². The van der Waals surface area contributed by atoms with E-state index in [1.165, 1.54) is 32.1 Å². The molecule has 0 aromatic heterocycles. The smallest absolute Gasteiger partial charge is 0.272 e. The lowest BCUT2D eigenvalue weighted by Crippen LogP contribution is -2.30. The first-order valence-corrected chi connectivity index (χ1v) is 16.1. The summed E-state index contributed by atoms with van der Waals surface area (Å²) < 4.78 is 16.4. The molecule has 1 atom stereocenters. The van der Waals surface area contributed by atoms with E-state index in [4.69, 9.17) is 14.2 Å². The predicted octanol–water partition coefficient (Wildman–Crippen LogP) is 7.59. The molecule has 10 heteroatoms. The molecule has 9 nitrogen and oxygen atoms in total. The molecule has 5 aromatic rings. The van der Waals surface area contributed by atoms with Crippen molar-refractivity contribution in [3.63, 3.8) is 0 Å². The van der Waals surface area contributed by atoms with Crippen LogP contribution in [-0.2, 0) is 9.59 Å². The van der Waals surface area contributed by atoms with E-state index in [9.17, 15) is 14.4 Å². The fourth-order valence-electron chi connectivity index (χ4n) is 4.92. The summed E-state index contributed by atoms with van der Waals surface area (Å²) in [5, 5.41) is 8.03. The average Bonchev–Trinajstić information content (AvgIpc) is 3.14. The van der Waals surface area contributed by atoms with Crippen LogP contribution in [0.3, 0.4) is 0 Å². The molecule has 0 aliphatic carbocycles. The highest BCUT2D eigenvalue weighted by atomic mass is 32.2. The van der Waals surface area contributed by atoms with Crippen LogP contribution in [-0.4, -0.2) is 39.1 Å². The van der Waals surface area contributed by atoms with Crippen LogP contribution < -0.4 is 30.2 Å². The number of carbonyl (C=O) groups is 3. The fraction of sp³-hybridized carbons (Fsp3) is 0.103. The summed E-state index contributed by atoms with van der Waals surface area (Å²) in [7, 11) is 4.58. The Balaban J connectivity index is 1.37. The molecule has 0 aliphatic heterocycles. The third kappa shape index (κ3) is 8.88. The fourth-order valence-corrected chi connectivity index (χ4v) is 5.95. The number of para-hydroxylation sites is 3. The molecular formula is C39H35N3O6S. The monoisotopic (exact) mass is 673 g/mol. The van der Waals surface area contributed by atoms with Crippen LogP contribution in [0.4, 0.5) is 11.4 Å². The minimum atomic E-state index is -0.577. The van der Waals surface area contributed by atoms with Gasteiger partial charge in [-0.05, 0) is 66.2 Å². The van der Waals surface area contributed by atoms with Gasteiger partial charge in [0.05, 0.1) is 27.0 Å². The van der Waals surface area contributed by atoms with Crippen molar-refractivity contribution in [2.45, 2.75) is 10.1 Å². The molecule has 1 unspecified atom stereocenters. The Morgan fingerprint density at radius 3 is 1.96 bits per heavy atom. The first-order chi connectivity index (χ1) is 23.9. The maximum atomic E-state index is 13.7. The maximum Gasteiger partial charge on any atom is 0.272 e. The molecule has 5 rings (SSSR count). The van der Waals surface area contributed by atoms with Crippen LogP contribution in [0.1, 0.15) is 26.7 Å². The first kappa shape index (κ1) is 34.3. The van der Waals surface area contributed by atoms with E-state index in [2.05, 4.69) is 16.0 Å². The van der Waals surface area contributed by atoms with E-state index in [-0.39, 0.29) is 11.6 Å². The first-order valence-electron chi connectivity index (χ1n) is 15.3. The quantitative estimate of drug-likeness (QED) is 0.0872. The van der Waals surface area contributed by atoms with Gasteiger partial charge < -0.3 is 30.2 Å². The molecule has 0 heterocycles. The Hall–Kier alpha value is -6.00. The summed E-state index contributed by atoms with van der Waals surface area (Å²) >= 11 is 1.37. The standard InChI is InChI=1S/C39H35N3O6S/c1-46-33-19-11-10-18-31(33)41-39(45)36(26-13-6-4-7-14-26)49-30-23-21-29(22-24-30)40-38(44)32(42-37(43)27-15-8-5-9-16-27)25-28-17-12-20-34(47-2)35(28)48-3/h4-25,36H,1-3H3,(H,40,44)(H,41,45)(H,42,43)/b32-25-. The van der Waals surface area contributed by atoms with Gasteiger partial charge in [-0.25, -0.2) is 0 Å². The molecule has 0 fully saturated rings. The summed E-state index contributed by atoms with van der Waals surface area (Å²) in [6.07, 6.45) is 1.53. The second kappa shape index (κ2) is 16.7. The van der Waals surface area contributed by atoms with Crippen molar-refractivity contribution in [1.82, 2.24) is 5.32 Å². The highest BCUT2D eigenvalue weighted by Gasteiger charge is 2.23. The van der Waals surface area contributed by atoms with E-state index in [1.807, 2.05) is 54.6 Å². The lowest BCUT2D eigenvalue weighted by molar-refractivity contribution is -0.116. The van der Waals surface area contributed by atoms with E-state index in [0.29, 0.717) is 39.8 Å². The molecule has 0 saturated heterocycles. The summed E-state index contributed by atoms with van der Waals surface area (Å²) in [5.74, 6) is 0.236. The average molecular weight is 674 g/mol. The molecule has 0 spiro atoms. The second-order valence-corrected chi connectivity index (χ2v) is 11.7. The summed E-state index contributed by atoms with van der Waals surface area (Å²) in [6.45, 7) is 0. The van der Waals surface area contributed by atoms with Crippen molar-refractivity contribution in [2.24, 2.45) is 0 Å². The van der Waals surface area contributed by atoms with E-state index < -0.39 is 17.1 Å². The van der Waals surface area contributed by atoms with Crippen LogP contribution in [0.5, 0.6) is 17.2 Å². The van der Waals surface area contributed by atoms with Gasteiger partial charge in [-0.3, -0.25) is 14.4 Å². The highest BCUT2D eigenvalue weighted by Crippen LogP contribution is 2.38. The predicted molar refractivity (Wildman–Crippen MR) is 193 cm³/mol. The number of thioether (sulfide) groups is 1. The van der Waals surface area contributed by atoms with E-state index in [1.54, 1.807) is 79.9 Å². The zero-order valence-corrected chi connectivity index (χ0v) is 28.0. The van der Waals surface area contributed by atoms with Crippen molar-refractivity contribution >= 4 is 46.9 Å².